The van der Waals surface area contributed by atoms with Crippen LogP contribution in [0.1, 0.15) is 0 Å². The number of rotatable bonds is 2. The van der Waals surface area contributed by atoms with Gasteiger partial charge in [0.1, 0.15) is 11.8 Å². The summed E-state index contributed by atoms with van der Waals surface area (Å²) in [6, 6.07) is 0. The van der Waals surface area contributed by atoms with E-state index in [1.807, 2.05) is 0 Å². The van der Waals surface area contributed by atoms with Gasteiger partial charge in [0.2, 0.25) is 0 Å². The largest absolute Gasteiger partial charge is 0.469 e. The van der Waals surface area contributed by atoms with Gasteiger partial charge in [0.05, 0.1) is 26.4 Å². The van der Waals surface area contributed by atoms with E-state index in [-0.39, 0.29) is 12.2 Å². The second kappa shape index (κ2) is 3.66. The molecule has 0 spiro atoms. The second-order valence-electron chi connectivity index (χ2n) is 3.55. The summed E-state index contributed by atoms with van der Waals surface area (Å²) in [5.74, 6) is -2.00. The maximum atomic E-state index is 11.5. The van der Waals surface area contributed by atoms with Crippen LogP contribution in [0.25, 0.3) is 0 Å². The first-order valence-electron chi connectivity index (χ1n) is 4.68. The van der Waals surface area contributed by atoms with Crippen LogP contribution in [-0.4, -0.2) is 38.4 Å². The Labute approximate surface area is 87.0 Å². The SMILES string of the molecule is COC(=O)[C@@H]1[C@H](C(=O)OC)[C@H]2C=C[C@H]1O2. The van der Waals surface area contributed by atoms with Gasteiger partial charge < -0.3 is 14.2 Å². The molecule has 1 fully saturated rings. The number of carbonyl (C=O) groups is 2. The maximum absolute atomic E-state index is 11.5. The Morgan fingerprint density at radius 1 is 1.00 bits per heavy atom. The Hall–Kier alpha value is -1.36. The molecule has 82 valence electrons. The van der Waals surface area contributed by atoms with E-state index in [9.17, 15) is 9.59 Å². The normalized spacial score (nSPS) is 36.7. The minimum atomic E-state index is -0.572. The van der Waals surface area contributed by atoms with Crippen molar-refractivity contribution < 1.29 is 23.8 Å². The number of methoxy groups -OCH3 is 2. The van der Waals surface area contributed by atoms with Gasteiger partial charge in [-0.25, -0.2) is 0 Å². The average Bonchev–Trinajstić information content (AvgIpc) is 2.86. The maximum Gasteiger partial charge on any atom is 0.312 e. The highest BCUT2D eigenvalue weighted by Gasteiger charge is 2.54. The fraction of sp³-hybridized carbons (Fsp3) is 0.600. The smallest absolute Gasteiger partial charge is 0.312 e. The molecule has 0 amide bonds. The summed E-state index contributed by atoms with van der Waals surface area (Å²) < 4.78 is 14.7. The Balaban J connectivity index is 2.24. The van der Waals surface area contributed by atoms with Gasteiger partial charge in [-0.2, -0.15) is 0 Å². The van der Waals surface area contributed by atoms with Crippen LogP contribution in [0.4, 0.5) is 0 Å². The summed E-state index contributed by atoms with van der Waals surface area (Å²) in [5, 5.41) is 0. The van der Waals surface area contributed by atoms with Crippen LogP contribution in [0.2, 0.25) is 0 Å². The summed E-state index contributed by atoms with van der Waals surface area (Å²) in [6.07, 6.45) is 2.86. The molecule has 4 atom stereocenters. The molecule has 5 nitrogen and oxygen atoms in total. The van der Waals surface area contributed by atoms with Crippen LogP contribution in [-0.2, 0) is 23.8 Å². The number of ether oxygens (including phenoxy) is 3. The molecule has 0 aromatic rings. The van der Waals surface area contributed by atoms with Crippen molar-refractivity contribution in [2.45, 2.75) is 12.2 Å². The molecule has 0 aromatic carbocycles. The van der Waals surface area contributed by atoms with Gasteiger partial charge in [-0.3, -0.25) is 9.59 Å². The predicted molar refractivity (Wildman–Crippen MR) is 48.8 cm³/mol. The summed E-state index contributed by atoms with van der Waals surface area (Å²) in [4.78, 5) is 23.0. The average molecular weight is 212 g/mol. The minimum Gasteiger partial charge on any atom is -0.469 e. The molecule has 0 radical (unpaired) electrons. The molecule has 1 saturated heterocycles. The molecule has 0 saturated carbocycles. The lowest BCUT2D eigenvalue weighted by atomic mass is 9.83. The van der Waals surface area contributed by atoms with Gasteiger partial charge in [0.25, 0.3) is 0 Å². The first-order chi connectivity index (χ1) is 7.19. The lowest BCUT2D eigenvalue weighted by molar-refractivity contribution is -0.156. The molecular weight excluding hydrogens is 200 g/mol. The number of hydrogen-bond donors (Lipinski definition) is 0. The van der Waals surface area contributed by atoms with Crippen molar-refractivity contribution in [3.8, 4) is 0 Å². The summed E-state index contributed by atoms with van der Waals surface area (Å²) in [6.45, 7) is 0. The lowest BCUT2D eigenvalue weighted by Gasteiger charge is -2.20. The van der Waals surface area contributed by atoms with Gasteiger partial charge in [-0.1, -0.05) is 12.2 Å². The molecular formula is C10H12O5. The third-order valence-corrected chi connectivity index (χ3v) is 2.85. The fourth-order valence-electron chi connectivity index (χ4n) is 2.14. The molecule has 0 aliphatic carbocycles. The van der Waals surface area contributed by atoms with Gasteiger partial charge in [0, 0.05) is 0 Å². The Kier molecular flexibility index (Phi) is 2.48. The quantitative estimate of drug-likeness (QED) is 0.472. The van der Waals surface area contributed by atoms with Gasteiger partial charge in [-0.15, -0.1) is 0 Å². The van der Waals surface area contributed by atoms with Crippen molar-refractivity contribution in [3.63, 3.8) is 0 Å². The highest BCUT2D eigenvalue weighted by molar-refractivity contribution is 5.84. The fourth-order valence-corrected chi connectivity index (χ4v) is 2.14. The van der Waals surface area contributed by atoms with E-state index in [4.69, 9.17) is 4.74 Å². The van der Waals surface area contributed by atoms with Crippen LogP contribution >= 0.6 is 0 Å². The van der Waals surface area contributed by atoms with E-state index in [0.29, 0.717) is 0 Å². The molecule has 0 aromatic heterocycles. The van der Waals surface area contributed by atoms with Gasteiger partial charge in [0.15, 0.2) is 0 Å². The van der Waals surface area contributed by atoms with Gasteiger partial charge in [-0.05, 0) is 0 Å². The van der Waals surface area contributed by atoms with Crippen LogP contribution in [0, 0.1) is 11.8 Å². The Morgan fingerprint density at radius 3 is 1.73 bits per heavy atom. The predicted octanol–water partition coefficient (Wildman–Crippen LogP) is -0.0980. The molecule has 2 aliphatic heterocycles. The highest BCUT2D eigenvalue weighted by Crippen LogP contribution is 2.40. The van der Waals surface area contributed by atoms with Crippen molar-refractivity contribution in [2.24, 2.45) is 11.8 Å². The standard InChI is InChI=1S/C10H12O5/c1-13-9(11)7-5-3-4-6(15-5)8(7)10(12)14-2/h3-8H,1-2H3/t5-,6-,7-,8+/m1/s1. The lowest BCUT2D eigenvalue weighted by Crippen LogP contribution is -2.37. The topological polar surface area (TPSA) is 61.8 Å². The van der Waals surface area contributed by atoms with E-state index in [2.05, 4.69) is 9.47 Å². The van der Waals surface area contributed by atoms with E-state index in [1.54, 1.807) is 12.2 Å². The van der Waals surface area contributed by atoms with Crippen LogP contribution in [0.15, 0.2) is 12.2 Å². The zero-order chi connectivity index (χ0) is 11.0. The van der Waals surface area contributed by atoms with Crippen molar-refractivity contribution >= 4 is 11.9 Å². The summed E-state index contributed by atoms with van der Waals surface area (Å²) >= 11 is 0. The minimum absolute atomic E-state index is 0.355. The first kappa shape index (κ1) is 10.2. The molecule has 2 heterocycles. The monoisotopic (exact) mass is 212 g/mol. The van der Waals surface area contributed by atoms with Crippen molar-refractivity contribution in [2.75, 3.05) is 14.2 Å². The van der Waals surface area contributed by atoms with Gasteiger partial charge >= 0.3 is 11.9 Å². The number of esters is 2. The molecule has 2 rings (SSSR count). The van der Waals surface area contributed by atoms with Crippen molar-refractivity contribution in [1.29, 1.82) is 0 Å². The summed E-state index contributed by atoms with van der Waals surface area (Å²) in [5.41, 5.74) is 0. The van der Waals surface area contributed by atoms with Crippen LogP contribution in [0.5, 0.6) is 0 Å². The first-order valence-corrected chi connectivity index (χ1v) is 4.68. The van der Waals surface area contributed by atoms with Crippen molar-refractivity contribution in [3.05, 3.63) is 12.2 Å². The van der Waals surface area contributed by atoms with Crippen LogP contribution in [0.3, 0.4) is 0 Å². The molecule has 2 bridgehead atoms. The van der Waals surface area contributed by atoms with E-state index in [1.165, 1.54) is 14.2 Å². The van der Waals surface area contributed by atoms with Crippen molar-refractivity contribution in [1.82, 2.24) is 0 Å². The zero-order valence-corrected chi connectivity index (χ0v) is 8.51. The molecule has 15 heavy (non-hydrogen) atoms. The third kappa shape index (κ3) is 1.43. The molecule has 0 N–H and O–H groups in total. The third-order valence-electron chi connectivity index (χ3n) is 2.85. The highest BCUT2D eigenvalue weighted by atomic mass is 16.6. The molecule has 5 heteroatoms. The molecule has 2 aliphatic rings. The summed E-state index contributed by atoms with van der Waals surface area (Å²) in [7, 11) is 2.60. The Morgan fingerprint density at radius 2 is 1.40 bits per heavy atom. The van der Waals surface area contributed by atoms with E-state index >= 15 is 0 Å². The van der Waals surface area contributed by atoms with E-state index in [0.717, 1.165) is 0 Å². The zero-order valence-electron chi connectivity index (χ0n) is 8.51. The van der Waals surface area contributed by atoms with E-state index < -0.39 is 23.8 Å². The second-order valence-corrected chi connectivity index (χ2v) is 3.55. The number of carbonyl (C=O) groups excluding carboxylic acids is 2. The Bertz CT molecular complexity index is 292. The van der Waals surface area contributed by atoms with Crippen LogP contribution < -0.4 is 0 Å². The number of hydrogen-bond acceptors (Lipinski definition) is 5. The molecule has 0 unspecified atom stereocenters. The number of fused-ring (bicyclic) bond motifs is 2.